The summed E-state index contributed by atoms with van der Waals surface area (Å²) in [5, 5.41) is 13.0. The minimum atomic E-state index is 0.461. The molecule has 0 aromatic carbocycles. The molecule has 2 heterocycles. The number of nitriles is 1. The van der Waals surface area contributed by atoms with Gasteiger partial charge in [0.1, 0.15) is 5.82 Å². The Balaban J connectivity index is 2.29. The van der Waals surface area contributed by atoms with Gasteiger partial charge in [-0.25, -0.2) is 9.67 Å². The molecule has 2 aromatic heterocycles. The second kappa shape index (κ2) is 5.48. The third-order valence-corrected chi connectivity index (χ3v) is 2.79. The summed E-state index contributed by atoms with van der Waals surface area (Å²) in [7, 11) is 1.90. The summed E-state index contributed by atoms with van der Waals surface area (Å²) in [6.45, 7) is 4.55. The van der Waals surface area contributed by atoms with Crippen molar-refractivity contribution in [3.8, 4) is 11.9 Å². The number of hydrogen-bond donors (Lipinski definition) is 0. The maximum Gasteiger partial charge on any atom is 0.174 e. The highest BCUT2D eigenvalue weighted by Gasteiger charge is 2.08. The van der Waals surface area contributed by atoms with E-state index in [0.29, 0.717) is 18.8 Å². The van der Waals surface area contributed by atoms with Crippen molar-refractivity contribution in [1.29, 1.82) is 5.26 Å². The Bertz CT molecular complexity index is 610. The third-order valence-electron chi connectivity index (χ3n) is 2.79. The molecule has 0 saturated carbocycles. The Morgan fingerprint density at radius 2 is 2.16 bits per heavy atom. The van der Waals surface area contributed by atoms with Gasteiger partial charge in [0.25, 0.3) is 0 Å². The molecular weight excluding hydrogens is 240 g/mol. The zero-order valence-corrected chi connectivity index (χ0v) is 11.3. The van der Waals surface area contributed by atoms with Gasteiger partial charge in [-0.15, -0.1) is 0 Å². The lowest BCUT2D eigenvalue weighted by atomic mass is 10.4. The van der Waals surface area contributed by atoms with Crippen LogP contribution in [0.1, 0.15) is 17.8 Å². The average Bonchev–Trinajstić information content (AvgIpc) is 2.75. The minimum absolute atomic E-state index is 0.461. The van der Waals surface area contributed by atoms with Crippen molar-refractivity contribution in [2.75, 3.05) is 18.5 Å². The summed E-state index contributed by atoms with van der Waals surface area (Å²) >= 11 is 0. The Morgan fingerprint density at radius 3 is 2.79 bits per heavy atom. The Labute approximate surface area is 112 Å². The van der Waals surface area contributed by atoms with Crippen LogP contribution in [0.4, 0.5) is 5.82 Å². The molecular formula is C13H16N6. The van der Waals surface area contributed by atoms with Gasteiger partial charge in [0.05, 0.1) is 30.6 Å². The van der Waals surface area contributed by atoms with Gasteiger partial charge >= 0.3 is 0 Å². The summed E-state index contributed by atoms with van der Waals surface area (Å²) in [6.07, 6.45) is 3.83. The molecule has 0 aliphatic heterocycles. The molecule has 0 saturated heterocycles. The average molecular weight is 256 g/mol. The highest BCUT2D eigenvalue weighted by Crippen LogP contribution is 2.13. The minimum Gasteiger partial charge on any atom is -0.357 e. The summed E-state index contributed by atoms with van der Waals surface area (Å²) in [5.74, 6) is 1.42. The smallest absolute Gasteiger partial charge is 0.174 e. The summed E-state index contributed by atoms with van der Waals surface area (Å²) < 4.78 is 1.77. The molecule has 0 unspecified atom stereocenters. The second-order valence-corrected chi connectivity index (χ2v) is 4.40. The SMILES string of the molecule is Cc1cc(C)n(-c2cncc(N(C)CCC#N)n2)n1. The fraction of sp³-hybridized carbons (Fsp3) is 0.385. The van der Waals surface area contributed by atoms with E-state index in [4.69, 9.17) is 5.26 Å². The number of aromatic nitrogens is 4. The molecule has 2 aromatic rings. The van der Waals surface area contributed by atoms with E-state index in [1.165, 1.54) is 0 Å². The maximum atomic E-state index is 8.61. The van der Waals surface area contributed by atoms with Gasteiger partial charge in [-0.2, -0.15) is 10.4 Å². The molecule has 0 bridgehead atoms. The second-order valence-electron chi connectivity index (χ2n) is 4.40. The first-order chi connectivity index (χ1) is 9.11. The molecule has 0 atom stereocenters. The number of nitrogens with zero attached hydrogens (tertiary/aromatic N) is 6. The van der Waals surface area contributed by atoms with Crippen LogP contribution in [0, 0.1) is 25.2 Å². The fourth-order valence-electron chi connectivity index (χ4n) is 1.82. The highest BCUT2D eigenvalue weighted by molar-refractivity contribution is 5.39. The van der Waals surface area contributed by atoms with Gasteiger partial charge in [-0.3, -0.25) is 4.98 Å². The molecule has 19 heavy (non-hydrogen) atoms. The molecule has 0 N–H and O–H groups in total. The van der Waals surface area contributed by atoms with Crippen LogP contribution < -0.4 is 4.90 Å². The zero-order valence-electron chi connectivity index (χ0n) is 11.3. The third kappa shape index (κ3) is 2.88. The molecule has 6 nitrogen and oxygen atoms in total. The van der Waals surface area contributed by atoms with E-state index in [1.807, 2.05) is 31.9 Å². The number of aryl methyl sites for hydroxylation is 2. The van der Waals surface area contributed by atoms with Crippen LogP contribution >= 0.6 is 0 Å². The quantitative estimate of drug-likeness (QED) is 0.831. The zero-order chi connectivity index (χ0) is 13.8. The molecule has 98 valence electrons. The van der Waals surface area contributed by atoms with Gasteiger partial charge in [0, 0.05) is 19.3 Å². The molecule has 6 heteroatoms. The summed E-state index contributed by atoms with van der Waals surface area (Å²) in [6, 6.07) is 4.11. The van der Waals surface area contributed by atoms with Crippen molar-refractivity contribution in [2.45, 2.75) is 20.3 Å². The van der Waals surface area contributed by atoms with Crippen LogP contribution in [0.25, 0.3) is 5.82 Å². The molecule has 0 spiro atoms. The predicted octanol–water partition coefficient (Wildman–Crippen LogP) is 1.63. The number of rotatable bonds is 4. The van der Waals surface area contributed by atoms with Crippen LogP contribution in [-0.2, 0) is 0 Å². The van der Waals surface area contributed by atoms with Crippen LogP contribution in [0.15, 0.2) is 18.5 Å². The number of hydrogen-bond acceptors (Lipinski definition) is 5. The van der Waals surface area contributed by atoms with Crippen molar-refractivity contribution in [3.63, 3.8) is 0 Å². The standard InChI is InChI=1S/C13H16N6/c1-10-7-11(2)19(17-10)13-9-15-8-12(16-13)18(3)6-4-5-14/h7-9H,4,6H2,1-3H3. The summed E-state index contributed by atoms with van der Waals surface area (Å²) in [5.41, 5.74) is 1.96. The van der Waals surface area contributed by atoms with E-state index in [1.54, 1.807) is 17.1 Å². The first kappa shape index (κ1) is 13.0. The van der Waals surface area contributed by atoms with E-state index < -0.39 is 0 Å². The molecule has 2 rings (SSSR count). The molecule has 0 amide bonds. The van der Waals surface area contributed by atoms with Crippen LogP contribution in [-0.4, -0.2) is 33.3 Å². The van der Waals surface area contributed by atoms with Gasteiger partial charge in [-0.05, 0) is 19.9 Å². The lowest BCUT2D eigenvalue weighted by Crippen LogP contribution is -2.20. The highest BCUT2D eigenvalue weighted by atomic mass is 15.3. The van der Waals surface area contributed by atoms with Gasteiger partial charge in [0.2, 0.25) is 0 Å². The van der Waals surface area contributed by atoms with E-state index in [2.05, 4.69) is 21.1 Å². The lowest BCUT2D eigenvalue weighted by molar-refractivity contribution is 0.788. The van der Waals surface area contributed by atoms with Crippen molar-refractivity contribution in [1.82, 2.24) is 19.7 Å². The maximum absolute atomic E-state index is 8.61. The van der Waals surface area contributed by atoms with Crippen LogP contribution in [0.5, 0.6) is 0 Å². The van der Waals surface area contributed by atoms with Crippen molar-refractivity contribution in [2.24, 2.45) is 0 Å². The van der Waals surface area contributed by atoms with Crippen molar-refractivity contribution >= 4 is 5.82 Å². The monoisotopic (exact) mass is 256 g/mol. The van der Waals surface area contributed by atoms with Gasteiger partial charge in [0.15, 0.2) is 5.82 Å². The van der Waals surface area contributed by atoms with Gasteiger partial charge < -0.3 is 4.90 Å². The molecule has 0 radical (unpaired) electrons. The predicted molar refractivity (Wildman–Crippen MR) is 72.1 cm³/mol. The Morgan fingerprint density at radius 1 is 1.37 bits per heavy atom. The van der Waals surface area contributed by atoms with Crippen LogP contribution in [0.3, 0.4) is 0 Å². The first-order valence-corrected chi connectivity index (χ1v) is 6.05. The normalized spacial score (nSPS) is 10.2. The van der Waals surface area contributed by atoms with E-state index in [0.717, 1.165) is 17.2 Å². The van der Waals surface area contributed by atoms with E-state index in [9.17, 15) is 0 Å². The van der Waals surface area contributed by atoms with E-state index in [-0.39, 0.29) is 0 Å². The molecule has 0 fully saturated rings. The van der Waals surface area contributed by atoms with Crippen molar-refractivity contribution < 1.29 is 0 Å². The Hall–Kier alpha value is -2.42. The number of anilines is 1. The fourth-order valence-corrected chi connectivity index (χ4v) is 1.82. The van der Waals surface area contributed by atoms with E-state index >= 15 is 0 Å². The van der Waals surface area contributed by atoms with Crippen molar-refractivity contribution in [3.05, 3.63) is 29.8 Å². The van der Waals surface area contributed by atoms with Gasteiger partial charge in [-0.1, -0.05) is 0 Å². The lowest BCUT2D eigenvalue weighted by Gasteiger charge is -2.16. The molecule has 0 aliphatic carbocycles. The largest absolute Gasteiger partial charge is 0.357 e. The summed E-state index contributed by atoms with van der Waals surface area (Å²) in [4.78, 5) is 10.6. The Kier molecular flexibility index (Phi) is 3.76. The van der Waals surface area contributed by atoms with Crippen LogP contribution in [0.2, 0.25) is 0 Å². The topological polar surface area (TPSA) is 70.6 Å². The first-order valence-electron chi connectivity index (χ1n) is 6.05. The molecule has 0 aliphatic rings.